The van der Waals surface area contributed by atoms with Gasteiger partial charge < -0.3 is 9.73 Å². The largest absolute Gasteiger partial charge is 0.457 e. The SMILES string of the molecule is C#CCNC(=O)c1ccoc1Br. The molecule has 62 valence electrons. The molecule has 3 nitrogen and oxygen atoms in total. The number of halogens is 1. The molecule has 0 saturated carbocycles. The molecule has 1 aromatic rings. The monoisotopic (exact) mass is 227 g/mol. The Morgan fingerprint density at radius 2 is 2.58 bits per heavy atom. The van der Waals surface area contributed by atoms with E-state index < -0.39 is 0 Å². The summed E-state index contributed by atoms with van der Waals surface area (Å²) in [5.74, 6) is 2.06. The molecule has 0 aliphatic heterocycles. The summed E-state index contributed by atoms with van der Waals surface area (Å²) in [5.41, 5.74) is 0.449. The van der Waals surface area contributed by atoms with Gasteiger partial charge >= 0.3 is 0 Å². The molecular formula is C8H6BrNO2. The summed E-state index contributed by atoms with van der Waals surface area (Å²) < 4.78 is 5.28. The van der Waals surface area contributed by atoms with E-state index in [0.717, 1.165) is 0 Å². The summed E-state index contributed by atoms with van der Waals surface area (Å²) in [4.78, 5) is 11.2. The molecule has 0 unspecified atom stereocenters. The van der Waals surface area contributed by atoms with Gasteiger partial charge in [-0.15, -0.1) is 6.42 Å². The molecule has 0 radical (unpaired) electrons. The highest BCUT2D eigenvalue weighted by Gasteiger charge is 2.10. The van der Waals surface area contributed by atoms with Gasteiger partial charge in [0.05, 0.1) is 18.4 Å². The van der Waals surface area contributed by atoms with E-state index >= 15 is 0 Å². The van der Waals surface area contributed by atoms with Crippen LogP contribution in [-0.2, 0) is 0 Å². The second-order valence-electron chi connectivity index (χ2n) is 1.99. The van der Waals surface area contributed by atoms with Crippen molar-refractivity contribution in [3.8, 4) is 12.3 Å². The van der Waals surface area contributed by atoms with Crippen LogP contribution < -0.4 is 5.32 Å². The minimum atomic E-state index is -0.242. The highest BCUT2D eigenvalue weighted by Crippen LogP contribution is 2.16. The third-order valence-corrected chi connectivity index (χ3v) is 1.83. The van der Waals surface area contributed by atoms with Gasteiger partial charge in [0.2, 0.25) is 0 Å². The molecule has 4 heteroatoms. The zero-order valence-electron chi connectivity index (χ0n) is 6.13. The lowest BCUT2D eigenvalue weighted by Crippen LogP contribution is -2.23. The number of rotatable bonds is 2. The fourth-order valence-corrected chi connectivity index (χ4v) is 1.10. The van der Waals surface area contributed by atoms with Crippen LogP contribution in [-0.4, -0.2) is 12.5 Å². The Morgan fingerprint density at radius 3 is 3.08 bits per heavy atom. The molecule has 1 amide bonds. The summed E-state index contributed by atoms with van der Waals surface area (Å²) in [6.07, 6.45) is 6.39. The lowest BCUT2D eigenvalue weighted by atomic mass is 10.3. The van der Waals surface area contributed by atoms with Gasteiger partial charge in [-0.25, -0.2) is 0 Å². The van der Waals surface area contributed by atoms with Gasteiger partial charge in [-0.3, -0.25) is 4.79 Å². The van der Waals surface area contributed by atoms with Gasteiger partial charge in [0.25, 0.3) is 5.91 Å². The van der Waals surface area contributed by atoms with E-state index in [-0.39, 0.29) is 12.5 Å². The molecule has 1 aromatic heterocycles. The molecule has 1 N–H and O–H groups in total. The highest BCUT2D eigenvalue weighted by molar-refractivity contribution is 9.10. The van der Waals surface area contributed by atoms with E-state index in [1.54, 1.807) is 6.07 Å². The molecule has 0 aliphatic carbocycles. The van der Waals surface area contributed by atoms with Crippen LogP contribution in [0.4, 0.5) is 0 Å². The van der Waals surface area contributed by atoms with Crippen LogP contribution in [0.1, 0.15) is 10.4 Å². The van der Waals surface area contributed by atoms with Crippen molar-refractivity contribution in [3.63, 3.8) is 0 Å². The first-order valence-electron chi connectivity index (χ1n) is 3.20. The minimum Gasteiger partial charge on any atom is -0.457 e. The predicted octanol–water partition coefficient (Wildman–Crippen LogP) is 1.41. The Morgan fingerprint density at radius 1 is 1.83 bits per heavy atom. The van der Waals surface area contributed by atoms with Crippen molar-refractivity contribution in [2.24, 2.45) is 0 Å². The van der Waals surface area contributed by atoms with Crippen LogP contribution in [0.2, 0.25) is 0 Å². The lowest BCUT2D eigenvalue weighted by Gasteiger charge is -1.97. The maximum Gasteiger partial charge on any atom is 0.256 e. The van der Waals surface area contributed by atoms with Gasteiger partial charge in [0.15, 0.2) is 4.67 Å². The van der Waals surface area contributed by atoms with E-state index in [1.807, 2.05) is 0 Å². The molecule has 0 atom stereocenters. The molecular weight excluding hydrogens is 222 g/mol. The Labute approximate surface area is 78.3 Å². The maximum atomic E-state index is 11.2. The number of carbonyl (C=O) groups excluding carboxylic acids is 1. The van der Waals surface area contributed by atoms with Crippen molar-refractivity contribution < 1.29 is 9.21 Å². The normalized spacial score (nSPS) is 9.00. The van der Waals surface area contributed by atoms with Crippen molar-refractivity contribution in [2.75, 3.05) is 6.54 Å². The number of nitrogens with one attached hydrogen (secondary N) is 1. The molecule has 0 aromatic carbocycles. The van der Waals surface area contributed by atoms with E-state index in [4.69, 9.17) is 10.8 Å². The van der Waals surface area contributed by atoms with Crippen molar-refractivity contribution in [1.82, 2.24) is 5.32 Å². The van der Waals surface area contributed by atoms with Crippen LogP contribution >= 0.6 is 15.9 Å². The van der Waals surface area contributed by atoms with Crippen molar-refractivity contribution in [2.45, 2.75) is 0 Å². The molecule has 12 heavy (non-hydrogen) atoms. The number of hydrogen-bond donors (Lipinski definition) is 1. The van der Waals surface area contributed by atoms with E-state index in [9.17, 15) is 4.79 Å². The smallest absolute Gasteiger partial charge is 0.256 e. The summed E-state index contributed by atoms with van der Waals surface area (Å²) >= 11 is 3.08. The molecule has 1 rings (SSSR count). The average molecular weight is 228 g/mol. The first kappa shape index (κ1) is 8.88. The predicted molar refractivity (Wildman–Crippen MR) is 47.6 cm³/mol. The van der Waals surface area contributed by atoms with E-state index in [0.29, 0.717) is 10.2 Å². The van der Waals surface area contributed by atoms with Gasteiger partial charge in [0, 0.05) is 0 Å². The standard InChI is InChI=1S/C8H6BrNO2/c1-2-4-10-8(11)6-3-5-12-7(6)9/h1,3,5H,4H2,(H,10,11). The van der Waals surface area contributed by atoms with Crippen LogP contribution in [0.3, 0.4) is 0 Å². The maximum absolute atomic E-state index is 11.2. The Balaban J connectivity index is 2.67. The van der Waals surface area contributed by atoms with Gasteiger partial charge in [-0.1, -0.05) is 5.92 Å². The average Bonchev–Trinajstić information content (AvgIpc) is 2.47. The molecule has 0 aliphatic rings. The third-order valence-electron chi connectivity index (χ3n) is 1.21. The van der Waals surface area contributed by atoms with Gasteiger partial charge in [0.1, 0.15) is 0 Å². The van der Waals surface area contributed by atoms with E-state index in [1.165, 1.54) is 6.26 Å². The van der Waals surface area contributed by atoms with E-state index in [2.05, 4.69) is 27.2 Å². The highest BCUT2D eigenvalue weighted by atomic mass is 79.9. The van der Waals surface area contributed by atoms with Crippen LogP contribution in [0.15, 0.2) is 21.4 Å². The quantitative estimate of drug-likeness (QED) is 0.777. The Bertz CT molecular complexity index is 324. The van der Waals surface area contributed by atoms with Crippen LogP contribution in [0, 0.1) is 12.3 Å². The number of furan rings is 1. The van der Waals surface area contributed by atoms with Crippen LogP contribution in [0.5, 0.6) is 0 Å². The number of carbonyl (C=O) groups is 1. The molecule has 0 bridgehead atoms. The third kappa shape index (κ3) is 1.89. The number of terminal acetylenes is 1. The first-order valence-corrected chi connectivity index (χ1v) is 3.99. The zero-order chi connectivity index (χ0) is 8.97. The molecule has 1 heterocycles. The van der Waals surface area contributed by atoms with Gasteiger partial charge in [-0.2, -0.15) is 0 Å². The Hall–Kier alpha value is -1.21. The first-order chi connectivity index (χ1) is 5.75. The molecule has 0 saturated heterocycles. The van der Waals surface area contributed by atoms with Gasteiger partial charge in [-0.05, 0) is 22.0 Å². The topological polar surface area (TPSA) is 42.2 Å². The lowest BCUT2D eigenvalue weighted by molar-refractivity contribution is 0.0957. The summed E-state index contributed by atoms with van der Waals surface area (Å²) in [7, 11) is 0. The second kappa shape index (κ2) is 3.98. The fourth-order valence-electron chi connectivity index (χ4n) is 0.682. The number of amides is 1. The van der Waals surface area contributed by atoms with Crippen molar-refractivity contribution in [1.29, 1.82) is 0 Å². The van der Waals surface area contributed by atoms with Crippen LogP contribution in [0.25, 0.3) is 0 Å². The second-order valence-corrected chi connectivity index (χ2v) is 2.72. The number of hydrogen-bond acceptors (Lipinski definition) is 2. The summed E-state index contributed by atoms with van der Waals surface area (Å²) in [6.45, 7) is 0.219. The van der Waals surface area contributed by atoms with Crippen molar-refractivity contribution in [3.05, 3.63) is 22.6 Å². The fraction of sp³-hybridized carbons (Fsp3) is 0.125. The summed E-state index contributed by atoms with van der Waals surface area (Å²) in [6, 6.07) is 1.57. The zero-order valence-corrected chi connectivity index (χ0v) is 7.72. The van der Waals surface area contributed by atoms with Crippen molar-refractivity contribution >= 4 is 21.8 Å². The minimum absolute atomic E-state index is 0.219. The Kier molecular flexibility index (Phi) is 2.94. The summed E-state index contributed by atoms with van der Waals surface area (Å²) in [5, 5.41) is 2.51. The molecule has 0 spiro atoms. The molecule has 0 fully saturated rings.